The van der Waals surface area contributed by atoms with Crippen LogP contribution in [0.15, 0.2) is 22.8 Å². The van der Waals surface area contributed by atoms with Gasteiger partial charge in [0.05, 0.1) is 6.26 Å². The molecule has 0 fully saturated rings. The Morgan fingerprint density at radius 3 is 2.88 bits per heavy atom. The van der Waals surface area contributed by atoms with Crippen LogP contribution in [0.1, 0.15) is 32.4 Å². The molecule has 0 saturated carbocycles. The lowest BCUT2D eigenvalue weighted by molar-refractivity contribution is -0.121. The van der Waals surface area contributed by atoms with Gasteiger partial charge in [-0.2, -0.15) is 0 Å². The highest BCUT2D eigenvalue weighted by Gasteiger charge is 2.17. The van der Waals surface area contributed by atoms with E-state index in [-0.39, 0.29) is 11.3 Å². The van der Waals surface area contributed by atoms with E-state index in [0.29, 0.717) is 12.8 Å². The van der Waals surface area contributed by atoms with Crippen molar-refractivity contribution in [3.8, 4) is 0 Å². The van der Waals surface area contributed by atoms with Crippen LogP contribution in [0.4, 0.5) is 0 Å². The first-order chi connectivity index (χ1) is 8.03. The average molecular weight is 302 g/mol. The number of alkyl halides is 1. The molecule has 0 aliphatic rings. The lowest BCUT2D eigenvalue weighted by atomic mass is 9.90. The Kier molecular flexibility index (Phi) is 5.75. The number of carbonyl (C=O) groups excluding carboxylic acids is 1. The minimum absolute atomic E-state index is 0.0871. The molecule has 1 N–H and O–H groups in total. The minimum Gasteiger partial charge on any atom is -0.469 e. The van der Waals surface area contributed by atoms with Gasteiger partial charge < -0.3 is 9.73 Å². The molecule has 0 radical (unpaired) electrons. The van der Waals surface area contributed by atoms with Crippen LogP contribution in [-0.2, 0) is 11.2 Å². The molecule has 1 amide bonds. The topological polar surface area (TPSA) is 42.2 Å². The summed E-state index contributed by atoms with van der Waals surface area (Å²) in [5, 5.41) is 3.93. The molecule has 0 saturated heterocycles. The summed E-state index contributed by atoms with van der Waals surface area (Å²) in [6.45, 7) is 5.03. The van der Waals surface area contributed by atoms with Crippen LogP contribution in [0, 0.1) is 5.41 Å². The molecule has 1 rings (SSSR count). The lowest BCUT2D eigenvalue weighted by Crippen LogP contribution is -2.34. The number of nitrogens with one attached hydrogen (secondary N) is 1. The van der Waals surface area contributed by atoms with Crippen molar-refractivity contribution in [3.63, 3.8) is 0 Å². The van der Waals surface area contributed by atoms with E-state index in [9.17, 15) is 4.79 Å². The molecule has 1 heterocycles. The van der Waals surface area contributed by atoms with Crippen LogP contribution >= 0.6 is 15.9 Å². The first-order valence-corrected chi connectivity index (χ1v) is 7.01. The Bertz CT molecular complexity index is 333. The van der Waals surface area contributed by atoms with Crippen LogP contribution in [0.3, 0.4) is 0 Å². The van der Waals surface area contributed by atoms with Gasteiger partial charge >= 0.3 is 0 Å². The number of furan rings is 1. The summed E-state index contributed by atoms with van der Waals surface area (Å²) in [5.74, 6) is 0.948. The number of aryl methyl sites for hydroxylation is 1. The Morgan fingerprint density at radius 1 is 1.53 bits per heavy atom. The quantitative estimate of drug-likeness (QED) is 0.786. The summed E-state index contributed by atoms with van der Waals surface area (Å²) in [7, 11) is 0. The maximum absolute atomic E-state index is 11.6. The predicted molar refractivity (Wildman–Crippen MR) is 72.2 cm³/mol. The molecule has 17 heavy (non-hydrogen) atoms. The number of carbonyl (C=O) groups is 1. The lowest BCUT2D eigenvalue weighted by Gasteiger charge is -2.23. The Labute approximate surface area is 111 Å². The molecule has 1 aromatic rings. The fourth-order valence-electron chi connectivity index (χ4n) is 1.46. The van der Waals surface area contributed by atoms with Gasteiger partial charge in [0.2, 0.25) is 5.91 Å². The second-order valence-electron chi connectivity index (χ2n) is 4.96. The van der Waals surface area contributed by atoms with Crippen LogP contribution < -0.4 is 5.32 Å². The summed E-state index contributed by atoms with van der Waals surface area (Å²) in [5.41, 5.74) is 0.143. The fraction of sp³-hybridized carbons (Fsp3) is 0.615. The maximum atomic E-state index is 11.6. The first kappa shape index (κ1) is 14.3. The SMILES string of the molecule is CC(C)(CCBr)CNC(=O)CCc1ccco1. The molecule has 0 bridgehead atoms. The van der Waals surface area contributed by atoms with Crippen molar-refractivity contribution in [2.45, 2.75) is 33.1 Å². The normalized spacial score (nSPS) is 11.5. The molecule has 0 unspecified atom stereocenters. The van der Waals surface area contributed by atoms with Gasteiger partial charge in [0.25, 0.3) is 0 Å². The van der Waals surface area contributed by atoms with Crippen LogP contribution in [0.5, 0.6) is 0 Å². The highest BCUT2D eigenvalue weighted by Crippen LogP contribution is 2.19. The molecular formula is C13H20BrNO2. The number of hydrogen-bond acceptors (Lipinski definition) is 2. The van der Waals surface area contributed by atoms with Gasteiger partial charge in [-0.05, 0) is 24.0 Å². The zero-order valence-corrected chi connectivity index (χ0v) is 12.0. The summed E-state index contributed by atoms with van der Waals surface area (Å²) in [6, 6.07) is 3.73. The van der Waals surface area contributed by atoms with E-state index >= 15 is 0 Å². The third-order valence-corrected chi connectivity index (χ3v) is 3.11. The third-order valence-electron chi connectivity index (χ3n) is 2.71. The largest absolute Gasteiger partial charge is 0.469 e. The van der Waals surface area contributed by atoms with E-state index in [4.69, 9.17) is 4.42 Å². The zero-order valence-electron chi connectivity index (χ0n) is 10.5. The molecule has 1 aromatic heterocycles. The highest BCUT2D eigenvalue weighted by molar-refractivity contribution is 9.09. The first-order valence-electron chi connectivity index (χ1n) is 5.88. The van der Waals surface area contributed by atoms with E-state index in [2.05, 4.69) is 35.1 Å². The summed E-state index contributed by atoms with van der Waals surface area (Å²) in [4.78, 5) is 11.6. The van der Waals surface area contributed by atoms with Crippen molar-refractivity contribution in [2.75, 3.05) is 11.9 Å². The number of halogens is 1. The molecule has 0 atom stereocenters. The van der Waals surface area contributed by atoms with Crippen molar-refractivity contribution < 1.29 is 9.21 Å². The fourth-order valence-corrected chi connectivity index (χ4v) is 2.54. The summed E-state index contributed by atoms with van der Waals surface area (Å²) >= 11 is 3.42. The van der Waals surface area contributed by atoms with Crippen molar-refractivity contribution in [2.24, 2.45) is 5.41 Å². The van der Waals surface area contributed by atoms with E-state index < -0.39 is 0 Å². The van der Waals surface area contributed by atoms with Crippen molar-refractivity contribution in [1.82, 2.24) is 5.32 Å². The van der Waals surface area contributed by atoms with Crippen molar-refractivity contribution >= 4 is 21.8 Å². The van der Waals surface area contributed by atoms with Crippen LogP contribution in [-0.4, -0.2) is 17.8 Å². The summed E-state index contributed by atoms with van der Waals surface area (Å²) < 4.78 is 5.18. The number of rotatable bonds is 7. The molecule has 0 aromatic carbocycles. The highest BCUT2D eigenvalue weighted by atomic mass is 79.9. The van der Waals surface area contributed by atoms with E-state index in [1.165, 1.54) is 0 Å². The van der Waals surface area contributed by atoms with Gasteiger partial charge in [-0.25, -0.2) is 0 Å². The van der Waals surface area contributed by atoms with Gasteiger partial charge in [-0.1, -0.05) is 29.8 Å². The Balaban J connectivity index is 2.21. The molecule has 0 aliphatic carbocycles. The Hall–Kier alpha value is -0.770. The van der Waals surface area contributed by atoms with Gasteiger partial charge in [-0.15, -0.1) is 0 Å². The molecule has 3 nitrogen and oxygen atoms in total. The van der Waals surface area contributed by atoms with E-state index in [1.54, 1.807) is 6.26 Å². The predicted octanol–water partition coefficient (Wildman–Crippen LogP) is 3.14. The number of amides is 1. The smallest absolute Gasteiger partial charge is 0.220 e. The van der Waals surface area contributed by atoms with Gasteiger partial charge in [0, 0.05) is 24.7 Å². The van der Waals surface area contributed by atoms with Crippen LogP contribution in [0.25, 0.3) is 0 Å². The second kappa shape index (κ2) is 6.84. The monoisotopic (exact) mass is 301 g/mol. The molecule has 0 aliphatic heterocycles. The molecule has 0 spiro atoms. The molecule has 96 valence electrons. The van der Waals surface area contributed by atoms with Gasteiger partial charge in [0.1, 0.15) is 5.76 Å². The van der Waals surface area contributed by atoms with Gasteiger partial charge in [0.15, 0.2) is 0 Å². The van der Waals surface area contributed by atoms with E-state index in [1.807, 2.05) is 12.1 Å². The van der Waals surface area contributed by atoms with E-state index in [0.717, 1.165) is 24.1 Å². The van der Waals surface area contributed by atoms with Crippen molar-refractivity contribution in [3.05, 3.63) is 24.2 Å². The Morgan fingerprint density at radius 2 is 2.29 bits per heavy atom. The summed E-state index contributed by atoms with van der Waals surface area (Å²) in [6.07, 6.45) is 3.83. The molecular weight excluding hydrogens is 282 g/mol. The zero-order chi connectivity index (χ0) is 12.7. The number of hydrogen-bond donors (Lipinski definition) is 1. The second-order valence-corrected chi connectivity index (χ2v) is 5.75. The van der Waals surface area contributed by atoms with Crippen LogP contribution in [0.2, 0.25) is 0 Å². The maximum Gasteiger partial charge on any atom is 0.220 e. The average Bonchev–Trinajstić information content (AvgIpc) is 2.76. The molecule has 4 heteroatoms. The minimum atomic E-state index is 0.0871. The van der Waals surface area contributed by atoms with Crippen molar-refractivity contribution in [1.29, 1.82) is 0 Å². The third kappa shape index (κ3) is 5.91. The van der Waals surface area contributed by atoms with Gasteiger partial charge in [-0.3, -0.25) is 4.79 Å². The standard InChI is InChI=1S/C13H20BrNO2/c1-13(2,7-8-14)10-15-12(16)6-5-11-4-3-9-17-11/h3-4,9H,5-8,10H2,1-2H3,(H,15,16).